The Morgan fingerprint density at radius 1 is 0.915 bits per heavy atom. The lowest BCUT2D eigenvalue weighted by Gasteiger charge is -2.34. The Bertz CT molecular complexity index is 1450. The second-order valence-corrected chi connectivity index (χ2v) is 12.9. The molecule has 252 valence electrons. The number of amides is 4. The van der Waals surface area contributed by atoms with E-state index in [1.807, 2.05) is 30.3 Å². The third kappa shape index (κ3) is 13.0. The van der Waals surface area contributed by atoms with Crippen LogP contribution in [0.4, 0.5) is 4.79 Å². The fourth-order valence-corrected chi connectivity index (χ4v) is 4.56. The van der Waals surface area contributed by atoms with Gasteiger partial charge in [0, 0.05) is 24.9 Å². The number of terminal acetylenes is 1. The average molecular weight is 647 g/mol. The van der Waals surface area contributed by atoms with E-state index in [4.69, 9.17) is 21.6 Å². The SMILES string of the molecule is C#Cc1ccc(C(C(=O)NC(Cc2ccccc2)C(=O)OC(C)(C)C)N(CC=C)C(=O)C(CCC(N)=O)NC(=O)OC(C)(C)C)cc1. The maximum absolute atomic E-state index is 14.3. The summed E-state index contributed by atoms with van der Waals surface area (Å²) in [6.45, 7) is 13.8. The summed E-state index contributed by atoms with van der Waals surface area (Å²) in [6.07, 6.45) is 5.78. The molecule has 4 amide bonds. The summed E-state index contributed by atoms with van der Waals surface area (Å²) >= 11 is 0. The molecule has 0 aliphatic carbocycles. The summed E-state index contributed by atoms with van der Waals surface area (Å²) < 4.78 is 11.0. The van der Waals surface area contributed by atoms with E-state index < -0.39 is 59.1 Å². The number of benzene rings is 2. The minimum atomic E-state index is -1.33. The van der Waals surface area contributed by atoms with Crippen molar-refractivity contribution in [2.75, 3.05) is 6.54 Å². The molecule has 47 heavy (non-hydrogen) atoms. The van der Waals surface area contributed by atoms with Gasteiger partial charge in [-0.2, -0.15) is 0 Å². The van der Waals surface area contributed by atoms with Gasteiger partial charge >= 0.3 is 12.1 Å². The lowest BCUT2D eigenvalue weighted by atomic mass is 9.99. The summed E-state index contributed by atoms with van der Waals surface area (Å²) in [5.74, 6) is -0.251. The third-order valence-electron chi connectivity index (χ3n) is 6.52. The molecule has 2 aromatic rings. The van der Waals surface area contributed by atoms with Crippen LogP contribution in [0.25, 0.3) is 0 Å². The van der Waals surface area contributed by atoms with Crippen LogP contribution >= 0.6 is 0 Å². The molecule has 0 fully saturated rings. The standard InChI is InChI=1S/C36H46N4O7/c1-9-22-40(32(43)27(20-21-29(37)41)39-34(45)47-36(6,7)8)30(26-18-16-24(10-2)17-19-26)31(42)38-28(33(44)46-35(3,4)5)23-25-14-12-11-13-15-25/h2,9,11-19,27-28,30H,1,20-23H2,3-8H3,(H2,37,41)(H,38,42)(H,39,45). The van der Waals surface area contributed by atoms with Crippen LogP contribution in [0.1, 0.15) is 77.1 Å². The number of ether oxygens (including phenoxy) is 2. The van der Waals surface area contributed by atoms with Crippen LogP contribution in [0.15, 0.2) is 67.3 Å². The lowest BCUT2D eigenvalue weighted by molar-refractivity contribution is -0.159. The molecule has 0 radical (unpaired) electrons. The van der Waals surface area contributed by atoms with Gasteiger partial charge in [0.25, 0.3) is 0 Å². The van der Waals surface area contributed by atoms with E-state index in [0.29, 0.717) is 11.1 Å². The highest BCUT2D eigenvalue weighted by atomic mass is 16.6. The van der Waals surface area contributed by atoms with Gasteiger partial charge in [-0.25, -0.2) is 9.59 Å². The van der Waals surface area contributed by atoms with Gasteiger partial charge in [0.15, 0.2) is 0 Å². The Kier molecular flexibility index (Phi) is 13.8. The van der Waals surface area contributed by atoms with E-state index in [1.165, 1.54) is 11.0 Å². The van der Waals surface area contributed by atoms with Crippen LogP contribution in [0.2, 0.25) is 0 Å². The molecule has 3 atom stereocenters. The predicted octanol–water partition coefficient (Wildman–Crippen LogP) is 3.95. The number of nitrogens with zero attached hydrogens (tertiary/aromatic N) is 1. The monoisotopic (exact) mass is 646 g/mol. The first-order valence-electron chi connectivity index (χ1n) is 15.3. The topological polar surface area (TPSA) is 157 Å². The first-order valence-corrected chi connectivity index (χ1v) is 15.3. The molecule has 11 nitrogen and oxygen atoms in total. The number of hydrogen-bond acceptors (Lipinski definition) is 7. The van der Waals surface area contributed by atoms with E-state index in [0.717, 1.165) is 5.56 Å². The van der Waals surface area contributed by atoms with Crippen molar-refractivity contribution in [3.63, 3.8) is 0 Å². The minimum absolute atomic E-state index is 0.112. The van der Waals surface area contributed by atoms with Gasteiger partial charge < -0.3 is 30.7 Å². The highest BCUT2D eigenvalue weighted by molar-refractivity contribution is 5.94. The zero-order valence-electron chi connectivity index (χ0n) is 28.0. The molecular weight excluding hydrogens is 600 g/mol. The van der Waals surface area contributed by atoms with E-state index in [-0.39, 0.29) is 25.8 Å². The number of carbonyl (C=O) groups is 5. The lowest BCUT2D eigenvalue weighted by Crippen LogP contribution is -2.55. The highest BCUT2D eigenvalue weighted by Crippen LogP contribution is 2.25. The predicted molar refractivity (Wildman–Crippen MR) is 179 cm³/mol. The molecule has 0 bridgehead atoms. The molecule has 2 rings (SSSR count). The molecule has 3 unspecified atom stereocenters. The van der Waals surface area contributed by atoms with Crippen molar-refractivity contribution in [2.24, 2.45) is 5.73 Å². The largest absolute Gasteiger partial charge is 0.458 e. The molecule has 0 aliphatic rings. The van der Waals surface area contributed by atoms with Crippen LogP contribution in [0.5, 0.6) is 0 Å². The third-order valence-corrected chi connectivity index (χ3v) is 6.52. The molecule has 4 N–H and O–H groups in total. The summed E-state index contributed by atoms with van der Waals surface area (Å²) in [7, 11) is 0. The van der Waals surface area contributed by atoms with Gasteiger partial charge in [-0.3, -0.25) is 14.4 Å². The molecule has 11 heteroatoms. The number of hydrogen-bond donors (Lipinski definition) is 3. The first-order chi connectivity index (χ1) is 21.9. The zero-order chi connectivity index (χ0) is 35.4. The Balaban J connectivity index is 2.61. The molecule has 0 spiro atoms. The maximum Gasteiger partial charge on any atom is 0.408 e. The number of primary amides is 1. The average Bonchev–Trinajstić information content (AvgIpc) is 2.97. The fraction of sp³-hybridized carbons (Fsp3) is 0.417. The number of rotatable bonds is 14. The van der Waals surface area contributed by atoms with Crippen molar-refractivity contribution in [1.82, 2.24) is 15.5 Å². The van der Waals surface area contributed by atoms with Gasteiger partial charge in [-0.1, -0.05) is 54.5 Å². The quantitative estimate of drug-likeness (QED) is 0.159. The first kappa shape index (κ1) is 38.1. The van der Waals surface area contributed by atoms with Crippen molar-refractivity contribution < 1.29 is 33.4 Å². The molecule has 0 saturated heterocycles. The van der Waals surface area contributed by atoms with Gasteiger partial charge in [0.05, 0.1) is 0 Å². The summed E-state index contributed by atoms with van der Waals surface area (Å²) in [5, 5.41) is 5.32. The Hall–Kier alpha value is -5.11. The number of carbonyl (C=O) groups excluding carboxylic acids is 5. The van der Waals surface area contributed by atoms with Crippen LogP contribution in [0, 0.1) is 12.3 Å². The van der Waals surface area contributed by atoms with Crippen LogP contribution in [-0.4, -0.2) is 64.5 Å². The van der Waals surface area contributed by atoms with Crippen molar-refractivity contribution in [3.8, 4) is 12.3 Å². The van der Waals surface area contributed by atoms with E-state index in [9.17, 15) is 24.0 Å². The van der Waals surface area contributed by atoms with Gasteiger partial charge in [-0.15, -0.1) is 13.0 Å². The normalized spacial score (nSPS) is 13.1. The Morgan fingerprint density at radius 2 is 1.51 bits per heavy atom. The Labute approximate surface area is 277 Å². The van der Waals surface area contributed by atoms with E-state index in [2.05, 4.69) is 23.1 Å². The molecule has 0 aliphatic heterocycles. The second kappa shape index (κ2) is 17.0. The number of esters is 1. The summed E-state index contributed by atoms with van der Waals surface area (Å²) in [4.78, 5) is 67.6. The smallest absolute Gasteiger partial charge is 0.408 e. The van der Waals surface area contributed by atoms with Crippen molar-refractivity contribution in [1.29, 1.82) is 0 Å². The molecule has 2 aromatic carbocycles. The zero-order valence-corrected chi connectivity index (χ0v) is 28.0. The van der Waals surface area contributed by atoms with Crippen molar-refractivity contribution in [3.05, 3.63) is 83.9 Å². The fourth-order valence-electron chi connectivity index (χ4n) is 4.56. The van der Waals surface area contributed by atoms with Gasteiger partial charge in [-0.05, 0) is 71.2 Å². The Morgan fingerprint density at radius 3 is 2.02 bits per heavy atom. The number of nitrogens with one attached hydrogen (secondary N) is 2. The van der Waals surface area contributed by atoms with Crippen molar-refractivity contribution >= 4 is 29.8 Å². The van der Waals surface area contributed by atoms with Crippen LogP contribution in [-0.2, 0) is 35.1 Å². The summed E-state index contributed by atoms with van der Waals surface area (Å²) in [6, 6.07) is 11.8. The van der Waals surface area contributed by atoms with Gasteiger partial charge in [0.2, 0.25) is 17.7 Å². The molecular formula is C36H46N4O7. The maximum atomic E-state index is 14.3. The molecule has 0 aromatic heterocycles. The van der Waals surface area contributed by atoms with Crippen LogP contribution in [0.3, 0.4) is 0 Å². The van der Waals surface area contributed by atoms with Gasteiger partial charge in [0.1, 0.15) is 29.3 Å². The van der Waals surface area contributed by atoms with E-state index >= 15 is 0 Å². The minimum Gasteiger partial charge on any atom is -0.458 e. The highest BCUT2D eigenvalue weighted by Gasteiger charge is 2.38. The van der Waals surface area contributed by atoms with E-state index in [1.54, 1.807) is 65.8 Å². The molecule has 0 saturated carbocycles. The van der Waals surface area contributed by atoms with Crippen LogP contribution < -0.4 is 16.4 Å². The summed E-state index contributed by atoms with van der Waals surface area (Å²) in [5.41, 5.74) is 5.33. The van der Waals surface area contributed by atoms with Crippen molar-refractivity contribution in [2.45, 2.75) is 90.1 Å². The number of alkyl carbamates (subject to hydrolysis) is 1. The second-order valence-electron chi connectivity index (χ2n) is 12.9. The number of nitrogens with two attached hydrogens (primary N) is 1. The molecule has 0 heterocycles.